The largest absolute Gasteiger partial charge is 0.394 e. The zero-order valence-electron chi connectivity index (χ0n) is 21.8. The number of aliphatic hydroxyl groups is 1. The van der Waals surface area contributed by atoms with Crippen molar-refractivity contribution in [2.75, 3.05) is 32.9 Å². The molecule has 14 heteroatoms. The predicted octanol–water partition coefficient (Wildman–Crippen LogP) is -1.24. The molecule has 0 saturated carbocycles. The van der Waals surface area contributed by atoms with Crippen molar-refractivity contribution in [3.05, 3.63) is 47.5 Å². The third-order valence-electron chi connectivity index (χ3n) is 7.79. The maximum absolute atomic E-state index is 13.6. The number of halogens is 1. The van der Waals surface area contributed by atoms with Crippen LogP contribution in [0.2, 0.25) is 0 Å². The average Bonchev–Trinajstić information content (AvgIpc) is 3.58. The maximum atomic E-state index is 13.6. The van der Waals surface area contributed by atoms with Gasteiger partial charge in [0.25, 0.3) is 5.91 Å². The lowest BCUT2D eigenvalue weighted by Crippen LogP contribution is -2.57. The number of likely N-dealkylation sites (tertiary alicyclic amines) is 1. The van der Waals surface area contributed by atoms with Gasteiger partial charge in [-0.2, -0.15) is 0 Å². The summed E-state index contributed by atoms with van der Waals surface area (Å²) in [6, 6.07) is 2.48. The van der Waals surface area contributed by atoms with Crippen LogP contribution in [-0.4, -0.2) is 99.7 Å². The summed E-state index contributed by atoms with van der Waals surface area (Å²) in [5.74, 6) is -2.31. The number of nitrogens with zero attached hydrogens (tertiary/aromatic N) is 4. The zero-order chi connectivity index (χ0) is 28.3. The Morgan fingerprint density at radius 1 is 1.12 bits per heavy atom. The molecule has 4 N–H and O–H groups in total. The number of rotatable bonds is 5. The molecule has 0 unspecified atom stereocenters. The molecule has 3 aliphatic heterocycles. The molecule has 2 bridgehead atoms. The average molecular weight is 558 g/mol. The highest BCUT2D eigenvalue weighted by atomic mass is 19.1. The van der Waals surface area contributed by atoms with E-state index in [0.717, 1.165) is 0 Å². The monoisotopic (exact) mass is 557 g/mol. The standard InChI is InChI=1S/C26H32FN7O6/c27-17-3-1-16(2-4-17)24(38)34-14-18-12-21(34)23(37)30-20(11-19-13-33(7-8-35)32-31-19)22(36)28-15-26(25(39)29-18)5-9-40-10-6-26/h1-4,13,18,20-21,35H,5-12,14-15H2,(H,28,36)(H,29,39)(H,30,37)/t18-,20-,21+/m1/s1. The number of carbonyl (C=O) groups excluding carboxylic acids is 4. The van der Waals surface area contributed by atoms with Gasteiger partial charge >= 0.3 is 0 Å². The van der Waals surface area contributed by atoms with E-state index in [4.69, 9.17) is 9.84 Å². The predicted molar refractivity (Wildman–Crippen MR) is 136 cm³/mol. The van der Waals surface area contributed by atoms with Crippen molar-refractivity contribution in [3.8, 4) is 0 Å². The van der Waals surface area contributed by atoms with Crippen LogP contribution in [0, 0.1) is 11.2 Å². The third kappa shape index (κ3) is 5.82. The van der Waals surface area contributed by atoms with Crippen LogP contribution >= 0.6 is 0 Å². The van der Waals surface area contributed by atoms with Crippen molar-refractivity contribution in [2.24, 2.45) is 5.41 Å². The molecule has 1 spiro atoms. The zero-order valence-corrected chi connectivity index (χ0v) is 21.8. The topological polar surface area (TPSA) is 168 Å². The molecule has 13 nitrogen and oxygen atoms in total. The molecule has 3 saturated heterocycles. The van der Waals surface area contributed by atoms with Gasteiger partial charge < -0.3 is 30.7 Å². The summed E-state index contributed by atoms with van der Waals surface area (Å²) in [5.41, 5.74) is -0.287. The summed E-state index contributed by atoms with van der Waals surface area (Å²) in [5, 5.41) is 25.8. The number of amides is 4. The van der Waals surface area contributed by atoms with Crippen molar-refractivity contribution in [1.29, 1.82) is 0 Å². The fourth-order valence-electron chi connectivity index (χ4n) is 5.47. The number of hydrogen-bond donors (Lipinski definition) is 4. The van der Waals surface area contributed by atoms with E-state index in [1.165, 1.54) is 33.8 Å². The second kappa shape index (κ2) is 11.7. The fraction of sp³-hybridized carbons (Fsp3) is 0.538. The second-order valence-electron chi connectivity index (χ2n) is 10.5. The first-order valence-electron chi connectivity index (χ1n) is 13.3. The minimum absolute atomic E-state index is 0.00731. The lowest BCUT2D eigenvalue weighted by molar-refractivity contribution is -0.139. The van der Waals surface area contributed by atoms with E-state index in [1.54, 1.807) is 6.20 Å². The Morgan fingerprint density at radius 2 is 1.88 bits per heavy atom. The Morgan fingerprint density at radius 3 is 2.60 bits per heavy atom. The third-order valence-corrected chi connectivity index (χ3v) is 7.79. The summed E-state index contributed by atoms with van der Waals surface area (Å²) >= 11 is 0. The fourth-order valence-corrected chi connectivity index (χ4v) is 5.47. The van der Waals surface area contributed by atoms with E-state index < -0.39 is 47.1 Å². The first-order chi connectivity index (χ1) is 19.3. The van der Waals surface area contributed by atoms with Crippen LogP contribution in [0.4, 0.5) is 4.39 Å². The van der Waals surface area contributed by atoms with E-state index in [1.807, 2.05) is 0 Å². The normalized spacial score (nSPS) is 25.0. The molecule has 0 radical (unpaired) electrons. The molecule has 214 valence electrons. The van der Waals surface area contributed by atoms with Crippen LogP contribution in [-0.2, 0) is 32.1 Å². The molecular weight excluding hydrogens is 525 g/mol. The van der Waals surface area contributed by atoms with Gasteiger partial charge in [0.1, 0.15) is 17.9 Å². The highest BCUT2D eigenvalue weighted by molar-refractivity contribution is 5.99. The van der Waals surface area contributed by atoms with E-state index in [0.29, 0.717) is 31.7 Å². The molecule has 4 heterocycles. The van der Waals surface area contributed by atoms with E-state index in [2.05, 4.69) is 26.3 Å². The molecule has 2 aromatic rings. The number of benzene rings is 1. The van der Waals surface area contributed by atoms with Crippen molar-refractivity contribution in [3.63, 3.8) is 0 Å². The molecule has 3 atom stereocenters. The van der Waals surface area contributed by atoms with Crippen LogP contribution < -0.4 is 16.0 Å². The van der Waals surface area contributed by atoms with E-state index in [-0.39, 0.29) is 50.6 Å². The van der Waals surface area contributed by atoms with Gasteiger partial charge in [-0.15, -0.1) is 5.10 Å². The highest BCUT2D eigenvalue weighted by Crippen LogP contribution is 2.32. The van der Waals surface area contributed by atoms with E-state index >= 15 is 0 Å². The van der Waals surface area contributed by atoms with Crippen LogP contribution in [0.15, 0.2) is 30.5 Å². The summed E-state index contributed by atoms with van der Waals surface area (Å²) in [6.07, 6.45) is 2.54. The maximum Gasteiger partial charge on any atom is 0.254 e. The van der Waals surface area contributed by atoms with Gasteiger partial charge in [-0.25, -0.2) is 9.07 Å². The summed E-state index contributed by atoms with van der Waals surface area (Å²) in [6.45, 7) is 0.935. The van der Waals surface area contributed by atoms with Crippen LogP contribution in [0.3, 0.4) is 0 Å². The highest BCUT2D eigenvalue weighted by Gasteiger charge is 2.46. The van der Waals surface area contributed by atoms with Crippen LogP contribution in [0.5, 0.6) is 0 Å². The summed E-state index contributed by atoms with van der Waals surface area (Å²) in [7, 11) is 0. The molecule has 0 aliphatic carbocycles. The number of fused-ring (bicyclic) bond motifs is 2. The first kappa shape index (κ1) is 27.6. The molecule has 5 rings (SSSR count). The van der Waals surface area contributed by atoms with Gasteiger partial charge in [-0.3, -0.25) is 19.2 Å². The van der Waals surface area contributed by atoms with Gasteiger partial charge in [0.15, 0.2) is 0 Å². The quantitative estimate of drug-likeness (QED) is 0.354. The van der Waals surface area contributed by atoms with Gasteiger partial charge in [0.2, 0.25) is 17.7 Å². The smallest absolute Gasteiger partial charge is 0.254 e. The van der Waals surface area contributed by atoms with Crippen LogP contribution in [0.25, 0.3) is 0 Å². The number of hydrogen-bond acceptors (Lipinski definition) is 8. The van der Waals surface area contributed by atoms with Crippen LogP contribution in [0.1, 0.15) is 35.3 Å². The number of carbonyl (C=O) groups is 4. The molecular formula is C26H32FN7O6. The summed E-state index contributed by atoms with van der Waals surface area (Å²) in [4.78, 5) is 55.4. The summed E-state index contributed by atoms with van der Waals surface area (Å²) < 4.78 is 20.4. The van der Waals surface area contributed by atoms with E-state index in [9.17, 15) is 23.6 Å². The second-order valence-corrected chi connectivity index (χ2v) is 10.5. The number of aromatic nitrogens is 3. The number of aliphatic hydroxyl groups excluding tert-OH is 1. The van der Waals surface area contributed by atoms with Gasteiger partial charge in [0, 0.05) is 50.5 Å². The Kier molecular flexibility index (Phi) is 8.07. The molecule has 3 aliphatic rings. The molecule has 1 aromatic heterocycles. The Hall–Kier alpha value is -3.91. The minimum Gasteiger partial charge on any atom is -0.394 e. The SMILES string of the molecule is O=C1NCC2(CCOCC2)C(=O)N[C@@H]2C[C@@H](C(=O)N[C@@H]1Cc1cn(CCO)nn1)N(C(=O)c1ccc(F)cc1)C2. The number of nitrogens with one attached hydrogen (secondary N) is 3. The molecule has 3 fully saturated rings. The molecule has 1 aromatic carbocycles. The Bertz CT molecular complexity index is 1260. The number of ether oxygens (including phenoxy) is 1. The van der Waals surface area contributed by atoms with Crippen molar-refractivity contribution >= 4 is 23.6 Å². The van der Waals surface area contributed by atoms with Crippen molar-refractivity contribution < 1.29 is 33.4 Å². The lowest BCUT2D eigenvalue weighted by atomic mass is 9.78. The first-order valence-corrected chi connectivity index (χ1v) is 13.3. The van der Waals surface area contributed by atoms with Gasteiger partial charge in [-0.1, -0.05) is 5.21 Å². The van der Waals surface area contributed by atoms with Crippen molar-refractivity contribution in [2.45, 2.75) is 50.4 Å². The van der Waals surface area contributed by atoms with Crippen molar-refractivity contribution in [1.82, 2.24) is 35.8 Å². The minimum atomic E-state index is -1.06. The van der Waals surface area contributed by atoms with Gasteiger partial charge in [0.05, 0.1) is 24.3 Å². The lowest BCUT2D eigenvalue weighted by Gasteiger charge is -2.37. The Labute approximate surface area is 229 Å². The molecule has 4 amide bonds. The Balaban J connectivity index is 1.45. The van der Waals surface area contributed by atoms with Gasteiger partial charge in [-0.05, 0) is 43.5 Å². The molecule has 40 heavy (non-hydrogen) atoms.